The van der Waals surface area contributed by atoms with E-state index in [-0.39, 0.29) is 22.0 Å². The molecule has 0 bridgehead atoms. The number of fused-ring (bicyclic) bond motifs is 1. The van der Waals surface area contributed by atoms with Gasteiger partial charge in [-0.2, -0.15) is 5.10 Å². The first kappa shape index (κ1) is 20.2. The number of carbonyl (C=O) groups excluding carboxylic acids is 1. The number of hydrogen-bond donors (Lipinski definition) is 1. The van der Waals surface area contributed by atoms with Gasteiger partial charge < -0.3 is 5.32 Å². The second kappa shape index (κ2) is 7.66. The van der Waals surface area contributed by atoms with Gasteiger partial charge in [0.1, 0.15) is 16.4 Å². The average Bonchev–Trinajstić information content (AvgIpc) is 3.31. The summed E-state index contributed by atoms with van der Waals surface area (Å²) in [7, 11) is -0.892. The molecule has 1 aliphatic carbocycles. The number of para-hydroxylation sites is 2. The molecule has 1 amide bonds. The van der Waals surface area contributed by atoms with Crippen molar-refractivity contribution in [3.8, 4) is 5.69 Å². The first-order valence-corrected chi connectivity index (χ1v) is 10.9. The molecule has 0 atom stereocenters. The number of nitrogens with one attached hydrogen (secondary N) is 1. The Morgan fingerprint density at radius 2 is 1.80 bits per heavy atom. The minimum Gasteiger partial charge on any atom is -0.319 e. The smallest absolute Gasteiger partial charge is 0.276 e. The van der Waals surface area contributed by atoms with Crippen molar-refractivity contribution in [2.75, 3.05) is 19.4 Å². The highest BCUT2D eigenvalue weighted by molar-refractivity contribution is 7.89. The van der Waals surface area contributed by atoms with Crippen LogP contribution in [-0.2, 0) is 22.9 Å². The molecule has 1 N–H and O–H groups in total. The summed E-state index contributed by atoms with van der Waals surface area (Å²) in [5.41, 5.74) is 2.21. The van der Waals surface area contributed by atoms with Gasteiger partial charge in [-0.1, -0.05) is 24.3 Å². The molecule has 7 nitrogen and oxygen atoms in total. The first-order valence-electron chi connectivity index (χ1n) is 9.49. The molecule has 0 unspecified atom stereocenters. The molecule has 3 aromatic rings. The molecule has 0 radical (unpaired) electrons. The number of carbonyl (C=O) groups is 1. The maximum Gasteiger partial charge on any atom is 0.276 e. The van der Waals surface area contributed by atoms with E-state index in [4.69, 9.17) is 0 Å². The Morgan fingerprint density at radius 3 is 2.53 bits per heavy atom. The van der Waals surface area contributed by atoms with Crippen LogP contribution in [0.2, 0.25) is 0 Å². The summed E-state index contributed by atoms with van der Waals surface area (Å²) in [6, 6.07) is 12.5. The van der Waals surface area contributed by atoms with E-state index in [0.717, 1.165) is 22.0 Å². The molecule has 2 aromatic carbocycles. The van der Waals surface area contributed by atoms with E-state index in [2.05, 4.69) is 10.4 Å². The maximum absolute atomic E-state index is 14.3. The Kier molecular flexibility index (Phi) is 5.17. The predicted octanol–water partition coefficient (Wildman–Crippen LogP) is 3.00. The summed E-state index contributed by atoms with van der Waals surface area (Å²) >= 11 is 0. The molecule has 0 aliphatic heterocycles. The number of benzene rings is 2. The molecule has 1 heterocycles. The van der Waals surface area contributed by atoms with Gasteiger partial charge in [0.15, 0.2) is 5.69 Å². The highest BCUT2D eigenvalue weighted by Crippen LogP contribution is 2.30. The lowest BCUT2D eigenvalue weighted by Gasteiger charge is -2.15. The second-order valence-corrected chi connectivity index (χ2v) is 9.35. The maximum atomic E-state index is 14.3. The fraction of sp³-hybridized carbons (Fsp3) is 0.238. The van der Waals surface area contributed by atoms with Crippen molar-refractivity contribution in [3.05, 3.63) is 71.3 Å². The summed E-state index contributed by atoms with van der Waals surface area (Å²) in [6.07, 6.45) is 2.19. The summed E-state index contributed by atoms with van der Waals surface area (Å²) < 4.78 is 42.1. The molecular formula is C21H21FN4O3S. The van der Waals surface area contributed by atoms with Crippen molar-refractivity contribution in [2.45, 2.75) is 24.2 Å². The Labute approximate surface area is 174 Å². The molecule has 0 spiro atoms. The lowest BCUT2D eigenvalue weighted by molar-refractivity contribution is 0.102. The van der Waals surface area contributed by atoms with Crippen LogP contribution in [0.5, 0.6) is 0 Å². The summed E-state index contributed by atoms with van der Waals surface area (Å²) in [4.78, 5) is 13.1. The topological polar surface area (TPSA) is 84.3 Å². The van der Waals surface area contributed by atoms with Crippen molar-refractivity contribution in [2.24, 2.45) is 0 Å². The van der Waals surface area contributed by atoms with E-state index in [9.17, 15) is 17.6 Å². The summed E-state index contributed by atoms with van der Waals surface area (Å²) in [5.74, 6) is -0.950. The van der Waals surface area contributed by atoms with Gasteiger partial charge in [-0.05, 0) is 43.5 Å². The van der Waals surface area contributed by atoms with E-state index in [1.165, 1.54) is 37.0 Å². The second-order valence-electron chi connectivity index (χ2n) is 7.23. The largest absolute Gasteiger partial charge is 0.319 e. The fourth-order valence-electron chi connectivity index (χ4n) is 3.62. The number of aromatic nitrogens is 2. The molecule has 0 saturated heterocycles. The normalized spacial score (nSPS) is 13.5. The number of sulfonamides is 1. The van der Waals surface area contributed by atoms with Gasteiger partial charge in [0.25, 0.3) is 5.91 Å². The third kappa shape index (κ3) is 3.40. The lowest BCUT2D eigenvalue weighted by Crippen LogP contribution is -2.24. The van der Waals surface area contributed by atoms with Crippen molar-refractivity contribution in [1.82, 2.24) is 14.1 Å². The zero-order valence-corrected chi connectivity index (χ0v) is 17.4. The first-order chi connectivity index (χ1) is 14.3. The highest BCUT2D eigenvalue weighted by Gasteiger charge is 2.29. The van der Waals surface area contributed by atoms with E-state index in [0.29, 0.717) is 12.8 Å². The predicted molar refractivity (Wildman–Crippen MR) is 111 cm³/mol. The molecule has 30 heavy (non-hydrogen) atoms. The SMILES string of the molecule is CN(C)S(=O)(=O)c1ccccc1NC(=O)c1nn(-c2ccccc2F)c2c1CCC2. The van der Waals surface area contributed by atoms with E-state index >= 15 is 0 Å². The Balaban J connectivity index is 1.74. The van der Waals surface area contributed by atoms with Crippen LogP contribution in [0.15, 0.2) is 53.4 Å². The van der Waals surface area contributed by atoms with Gasteiger partial charge in [0.05, 0.1) is 5.69 Å². The third-order valence-corrected chi connectivity index (χ3v) is 6.99. The molecule has 1 aromatic heterocycles. The number of halogens is 1. The van der Waals surface area contributed by atoms with Crippen LogP contribution in [0.25, 0.3) is 5.69 Å². The van der Waals surface area contributed by atoms with Crippen LogP contribution in [0.3, 0.4) is 0 Å². The van der Waals surface area contributed by atoms with E-state index in [1.54, 1.807) is 30.3 Å². The lowest BCUT2D eigenvalue weighted by atomic mass is 10.2. The molecule has 4 rings (SSSR count). The van der Waals surface area contributed by atoms with E-state index in [1.807, 2.05) is 0 Å². The van der Waals surface area contributed by atoms with Crippen LogP contribution in [0.4, 0.5) is 10.1 Å². The number of nitrogens with zero attached hydrogens (tertiary/aromatic N) is 3. The monoisotopic (exact) mass is 428 g/mol. The van der Waals surface area contributed by atoms with Crippen molar-refractivity contribution < 1.29 is 17.6 Å². The quantitative estimate of drug-likeness (QED) is 0.677. The minimum atomic E-state index is -3.75. The zero-order chi connectivity index (χ0) is 21.5. The highest BCUT2D eigenvalue weighted by atomic mass is 32.2. The van der Waals surface area contributed by atoms with Gasteiger partial charge in [-0.25, -0.2) is 21.8 Å². The van der Waals surface area contributed by atoms with Gasteiger partial charge >= 0.3 is 0 Å². The summed E-state index contributed by atoms with van der Waals surface area (Å²) in [5, 5.41) is 7.07. The van der Waals surface area contributed by atoms with Crippen LogP contribution in [-0.4, -0.2) is 42.5 Å². The fourth-order valence-corrected chi connectivity index (χ4v) is 4.66. The standard InChI is InChI=1S/C21H21FN4O3S/c1-25(2)30(28,29)19-13-6-4-10-16(19)23-21(27)20-14-8-7-12-17(14)26(24-20)18-11-5-3-9-15(18)22/h3-6,9-11,13H,7-8,12H2,1-2H3,(H,23,27). The van der Waals surface area contributed by atoms with Crippen molar-refractivity contribution >= 4 is 21.6 Å². The zero-order valence-electron chi connectivity index (χ0n) is 16.6. The van der Waals surface area contributed by atoms with Crippen molar-refractivity contribution in [1.29, 1.82) is 0 Å². The van der Waals surface area contributed by atoms with Gasteiger partial charge in [-0.3, -0.25) is 4.79 Å². The third-order valence-electron chi connectivity index (χ3n) is 5.12. The minimum absolute atomic E-state index is 0.00599. The van der Waals surface area contributed by atoms with Crippen molar-refractivity contribution in [3.63, 3.8) is 0 Å². The van der Waals surface area contributed by atoms with Gasteiger partial charge in [0.2, 0.25) is 10.0 Å². The molecule has 156 valence electrons. The molecule has 1 aliphatic rings. The van der Waals surface area contributed by atoms with Crippen LogP contribution in [0.1, 0.15) is 28.2 Å². The van der Waals surface area contributed by atoms with Crippen LogP contribution in [0, 0.1) is 5.82 Å². The summed E-state index contributed by atoms with van der Waals surface area (Å²) in [6.45, 7) is 0. The molecular weight excluding hydrogens is 407 g/mol. The number of rotatable bonds is 5. The van der Waals surface area contributed by atoms with Gasteiger partial charge in [-0.15, -0.1) is 0 Å². The molecule has 9 heteroatoms. The van der Waals surface area contributed by atoms with Crippen LogP contribution < -0.4 is 5.32 Å². The number of amides is 1. The molecule has 0 fully saturated rings. The Hall–Kier alpha value is -3.04. The number of anilines is 1. The Bertz CT molecular complexity index is 1230. The van der Waals surface area contributed by atoms with Crippen LogP contribution >= 0.6 is 0 Å². The van der Waals surface area contributed by atoms with Gasteiger partial charge in [0, 0.05) is 25.4 Å². The van der Waals surface area contributed by atoms with E-state index < -0.39 is 21.7 Å². The Morgan fingerprint density at radius 1 is 1.10 bits per heavy atom. The number of hydrogen-bond acceptors (Lipinski definition) is 4. The average molecular weight is 428 g/mol. The molecule has 0 saturated carbocycles.